The number of fused-ring (bicyclic) bond motifs is 1. The van der Waals surface area contributed by atoms with E-state index in [4.69, 9.17) is 4.74 Å². The van der Waals surface area contributed by atoms with Gasteiger partial charge in [0.25, 0.3) is 0 Å². The number of hydrogen-bond acceptors (Lipinski definition) is 4. The molecule has 2 aromatic carbocycles. The molecule has 1 saturated carbocycles. The number of anilines is 1. The topological polar surface area (TPSA) is 67.5 Å². The average molecular weight is 445 g/mol. The summed E-state index contributed by atoms with van der Waals surface area (Å²) in [4.78, 5) is 22.0. The highest BCUT2D eigenvalue weighted by Gasteiger charge is 2.48. The first-order valence-corrected chi connectivity index (χ1v) is 10.5. The van der Waals surface area contributed by atoms with E-state index in [1.165, 1.54) is 18.2 Å². The summed E-state index contributed by atoms with van der Waals surface area (Å²) < 4.78 is 47.3. The van der Waals surface area contributed by atoms with E-state index in [1.807, 2.05) is 31.2 Å². The fourth-order valence-corrected chi connectivity index (χ4v) is 4.75. The van der Waals surface area contributed by atoms with Gasteiger partial charge < -0.3 is 14.5 Å². The highest BCUT2D eigenvalue weighted by Crippen LogP contribution is 2.44. The fourth-order valence-electron chi connectivity index (χ4n) is 4.75. The van der Waals surface area contributed by atoms with Crippen LogP contribution in [0.2, 0.25) is 0 Å². The van der Waals surface area contributed by atoms with Crippen LogP contribution in [0.1, 0.15) is 43.0 Å². The Labute approximate surface area is 182 Å². The first-order valence-electron chi connectivity index (χ1n) is 10.5. The molecule has 0 unspecified atom stereocenters. The number of benzene rings is 2. The number of imidazole rings is 1. The summed E-state index contributed by atoms with van der Waals surface area (Å²) in [5.74, 6) is 0.572. The van der Waals surface area contributed by atoms with E-state index in [-0.39, 0.29) is 17.8 Å². The number of amides is 1. The Morgan fingerprint density at radius 1 is 1.19 bits per heavy atom. The lowest BCUT2D eigenvalue weighted by Gasteiger charge is -2.34. The largest absolute Gasteiger partial charge is 0.573 e. The van der Waals surface area contributed by atoms with E-state index >= 15 is 0 Å². The third kappa shape index (κ3) is 3.87. The van der Waals surface area contributed by atoms with Crippen LogP contribution in [-0.4, -0.2) is 34.6 Å². The zero-order chi connectivity index (χ0) is 22.5. The van der Waals surface area contributed by atoms with Crippen molar-refractivity contribution in [2.75, 3.05) is 11.4 Å². The minimum absolute atomic E-state index is 0.117. The van der Waals surface area contributed by atoms with Crippen LogP contribution in [0.4, 0.5) is 23.7 Å². The van der Waals surface area contributed by atoms with Gasteiger partial charge >= 0.3 is 12.5 Å². The molecule has 1 N–H and O–H groups in total. The molecule has 1 aliphatic heterocycles. The lowest BCUT2D eigenvalue weighted by Crippen LogP contribution is -2.38. The van der Waals surface area contributed by atoms with Crippen molar-refractivity contribution < 1.29 is 27.4 Å². The van der Waals surface area contributed by atoms with Crippen LogP contribution in [0.15, 0.2) is 42.5 Å². The van der Waals surface area contributed by atoms with Gasteiger partial charge in [-0.2, -0.15) is 0 Å². The number of carbonyl (C=O) groups is 1. The zero-order valence-corrected chi connectivity index (χ0v) is 17.4. The second kappa shape index (κ2) is 7.43. The summed E-state index contributed by atoms with van der Waals surface area (Å²) >= 11 is 0. The Balaban J connectivity index is 1.29. The molecule has 0 radical (unpaired) electrons. The van der Waals surface area contributed by atoms with Gasteiger partial charge in [0.05, 0.1) is 23.3 Å². The van der Waals surface area contributed by atoms with Crippen molar-refractivity contribution in [3.05, 3.63) is 53.9 Å². The number of halogens is 3. The number of ether oxygens (including phenoxy) is 2. The number of aromatic amines is 1. The van der Waals surface area contributed by atoms with Gasteiger partial charge in [-0.1, -0.05) is 18.2 Å². The van der Waals surface area contributed by atoms with Gasteiger partial charge in [0.2, 0.25) is 0 Å². The van der Waals surface area contributed by atoms with Gasteiger partial charge in [0.1, 0.15) is 17.2 Å². The van der Waals surface area contributed by atoms with Crippen LogP contribution in [0.25, 0.3) is 11.0 Å². The van der Waals surface area contributed by atoms with Crippen molar-refractivity contribution in [3.8, 4) is 5.75 Å². The number of nitrogens with zero attached hydrogens (tertiary/aromatic N) is 2. The summed E-state index contributed by atoms with van der Waals surface area (Å²) in [6, 6.07) is 11.8. The van der Waals surface area contributed by atoms with Crippen LogP contribution in [-0.2, 0) is 4.74 Å². The van der Waals surface area contributed by atoms with E-state index in [0.717, 1.165) is 29.9 Å². The number of nitrogens with one attached hydrogen (secondary N) is 1. The van der Waals surface area contributed by atoms with E-state index in [9.17, 15) is 18.0 Å². The second-order valence-corrected chi connectivity index (χ2v) is 8.55. The minimum Gasteiger partial charge on any atom is -0.441 e. The number of para-hydroxylation sites is 1. The molecule has 168 valence electrons. The SMILES string of the molecule is Cc1ccccc1N1C[C@]2(CC[C@@H](c3nc4ccc(OC(F)(F)F)cc4[nH]3)CC2)OC1=O. The lowest BCUT2D eigenvalue weighted by molar-refractivity contribution is -0.274. The van der Waals surface area contributed by atoms with E-state index in [2.05, 4.69) is 14.7 Å². The fraction of sp³-hybridized carbons (Fsp3) is 0.391. The summed E-state index contributed by atoms with van der Waals surface area (Å²) in [6.07, 6.45) is -2.13. The number of alkyl halides is 3. The highest BCUT2D eigenvalue weighted by atomic mass is 19.4. The van der Waals surface area contributed by atoms with Crippen LogP contribution >= 0.6 is 0 Å². The van der Waals surface area contributed by atoms with Crippen LogP contribution < -0.4 is 9.64 Å². The van der Waals surface area contributed by atoms with Crippen LogP contribution in [0.5, 0.6) is 5.75 Å². The van der Waals surface area contributed by atoms with Gasteiger partial charge in [-0.15, -0.1) is 13.2 Å². The van der Waals surface area contributed by atoms with Crippen molar-refractivity contribution in [1.29, 1.82) is 0 Å². The van der Waals surface area contributed by atoms with Crippen molar-refractivity contribution in [2.24, 2.45) is 0 Å². The molecule has 0 atom stereocenters. The van der Waals surface area contributed by atoms with Gasteiger partial charge in [0.15, 0.2) is 0 Å². The molecule has 2 fully saturated rings. The molecule has 9 heteroatoms. The maximum Gasteiger partial charge on any atom is 0.573 e. The van der Waals surface area contributed by atoms with Crippen molar-refractivity contribution in [2.45, 2.75) is 50.5 Å². The zero-order valence-electron chi connectivity index (χ0n) is 17.4. The van der Waals surface area contributed by atoms with Crippen molar-refractivity contribution >= 4 is 22.8 Å². The summed E-state index contributed by atoms with van der Waals surface area (Å²) in [5, 5.41) is 0. The predicted molar refractivity (Wildman–Crippen MR) is 112 cm³/mol. The van der Waals surface area contributed by atoms with Crippen LogP contribution in [0, 0.1) is 6.92 Å². The monoisotopic (exact) mass is 445 g/mol. The molecule has 1 saturated heterocycles. The lowest BCUT2D eigenvalue weighted by atomic mass is 9.78. The summed E-state index contributed by atoms with van der Waals surface area (Å²) in [7, 11) is 0. The number of aryl methyl sites for hydroxylation is 1. The first-order chi connectivity index (χ1) is 15.2. The molecule has 32 heavy (non-hydrogen) atoms. The number of carbonyl (C=O) groups excluding carboxylic acids is 1. The number of hydrogen-bond donors (Lipinski definition) is 1. The molecule has 2 aliphatic rings. The van der Waals surface area contributed by atoms with Gasteiger partial charge in [0, 0.05) is 12.0 Å². The number of rotatable bonds is 3. The predicted octanol–water partition coefficient (Wildman–Crippen LogP) is 5.82. The van der Waals surface area contributed by atoms with Crippen molar-refractivity contribution in [1.82, 2.24) is 9.97 Å². The Bertz CT molecular complexity index is 1170. The molecular formula is C23H22F3N3O3. The molecule has 1 aromatic heterocycles. The first kappa shape index (κ1) is 20.7. The smallest absolute Gasteiger partial charge is 0.441 e. The van der Waals surface area contributed by atoms with E-state index in [1.54, 1.807) is 4.90 Å². The molecule has 1 aliphatic carbocycles. The molecule has 6 nitrogen and oxygen atoms in total. The molecular weight excluding hydrogens is 423 g/mol. The maximum absolute atomic E-state index is 12.6. The van der Waals surface area contributed by atoms with Gasteiger partial charge in [-0.3, -0.25) is 4.90 Å². The van der Waals surface area contributed by atoms with E-state index < -0.39 is 12.0 Å². The molecule has 0 bridgehead atoms. The summed E-state index contributed by atoms with van der Waals surface area (Å²) in [6.45, 7) is 2.49. The van der Waals surface area contributed by atoms with E-state index in [0.29, 0.717) is 30.4 Å². The molecule has 1 spiro atoms. The molecule has 1 amide bonds. The molecule has 2 heterocycles. The number of H-pyrrole nitrogens is 1. The second-order valence-electron chi connectivity index (χ2n) is 8.55. The molecule has 5 rings (SSSR count). The normalized spacial score (nSPS) is 23.7. The Morgan fingerprint density at radius 2 is 1.94 bits per heavy atom. The maximum atomic E-state index is 12.6. The van der Waals surface area contributed by atoms with Crippen LogP contribution in [0.3, 0.4) is 0 Å². The van der Waals surface area contributed by atoms with Gasteiger partial charge in [-0.25, -0.2) is 9.78 Å². The Morgan fingerprint density at radius 3 is 2.66 bits per heavy atom. The highest BCUT2D eigenvalue weighted by molar-refractivity contribution is 5.91. The Hall–Kier alpha value is -3.23. The minimum atomic E-state index is -4.74. The number of aromatic nitrogens is 2. The quantitative estimate of drug-likeness (QED) is 0.551. The third-order valence-electron chi connectivity index (χ3n) is 6.37. The summed E-state index contributed by atoms with van der Waals surface area (Å²) in [5.41, 5.74) is 2.46. The standard InChI is InChI=1S/C23H22F3N3O3/c1-14-4-2-3-5-19(14)29-13-22(32-21(29)30)10-8-15(9-11-22)20-27-17-7-6-16(12-18(17)28-20)31-23(24,25)26/h2-7,12,15H,8-11,13H2,1H3,(H,27,28)/t15-,22-. The molecule has 3 aromatic rings. The van der Waals surface area contributed by atoms with Gasteiger partial charge in [-0.05, 0) is 56.4 Å². The van der Waals surface area contributed by atoms with Crippen molar-refractivity contribution in [3.63, 3.8) is 0 Å². The third-order valence-corrected chi connectivity index (χ3v) is 6.37. The Kier molecular flexibility index (Phi) is 4.79. The average Bonchev–Trinajstić information content (AvgIpc) is 3.28.